The Morgan fingerprint density at radius 3 is 1.25 bits per heavy atom. The highest BCUT2D eigenvalue weighted by atomic mass is 16.1. The lowest BCUT2D eigenvalue weighted by Crippen LogP contribution is -2.05. The molecule has 5 heteroatoms. The first-order valence-corrected chi connectivity index (χ1v) is 8.99. The maximum Gasteiger partial charge on any atom is 0.229 e. The van der Waals surface area contributed by atoms with Gasteiger partial charge in [-0.1, -0.05) is 24.3 Å². The van der Waals surface area contributed by atoms with Gasteiger partial charge in [0.2, 0.25) is 5.78 Å². The number of carbonyl (C=O) groups is 1. The molecule has 0 unspecified atom stereocenters. The van der Waals surface area contributed by atoms with E-state index in [2.05, 4.69) is 19.9 Å². The van der Waals surface area contributed by atoms with Crippen LogP contribution in [-0.4, -0.2) is 25.7 Å². The summed E-state index contributed by atoms with van der Waals surface area (Å²) in [6.45, 7) is 0. The standard InChI is InChI=1S/C12H12N2.C11H8N2O/c1-3-9-13-11(5-1)7-8-12-6-2-4-10-14-12;14-11(9-5-1-3-7-12-9)10-6-2-4-8-13-10/h1-6,9-10H,7-8H2;1-8H. The van der Waals surface area contributed by atoms with E-state index < -0.39 is 0 Å². The van der Waals surface area contributed by atoms with Gasteiger partial charge in [-0.15, -0.1) is 0 Å². The number of ketones is 1. The van der Waals surface area contributed by atoms with Gasteiger partial charge in [-0.3, -0.25) is 24.7 Å². The molecule has 0 spiro atoms. The number of aryl methyl sites for hydroxylation is 2. The number of hydrogen-bond donors (Lipinski definition) is 0. The van der Waals surface area contributed by atoms with E-state index in [1.807, 2.05) is 48.8 Å². The fraction of sp³-hybridized carbons (Fsp3) is 0.0870. The van der Waals surface area contributed by atoms with Crippen LogP contribution < -0.4 is 0 Å². The van der Waals surface area contributed by atoms with E-state index in [-0.39, 0.29) is 5.78 Å². The maximum atomic E-state index is 11.7. The molecule has 0 fully saturated rings. The fourth-order valence-electron chi connectivity index (χ4n) is 2.47. The van der Waals surface area contributed by atoms with Crippen LogP contribution in [0.15, 0.2) is 97.6 Å². The normalized spacial score (nSPS) is 9.86. The molecule has 0 aliphatic rings. The zero-order chi connectivity index (χ0) is 19.4. The molecule has 4 heterocycles. The highest BCUT2D eigenvalue weighted by molar-refractivity contribution is 6.06. The molecular weight excluding hydrogens is 348 g/mol. The third-order valence-electron chi connectivity index (χ3n) is 3.88. The van der Waals surface area contributed by atoms with Crippen LogP contribution in [0.5, 0.6) is 0 Å². The van der Waals surface area contributed by atoms with Gasteiger partial charge in [0, 0.05) is 36.2 Å². The first-order valence-electron chi connectivity index (χ1n) is 8.99. The lowest BCUT2D eigenvalue weighted by atomic mass is 10.1. The highest BCUT2D eigenvalue weighted by Gasteiger charge is 2.09. The molecule has 138 valence electrons. The lowest BCUT2D eigenvalue weighted by molar-refractivity contribution is 0.103. The second kappa shape index (κ2) is 10.4. The number of pyridine rings is 4. The van der Waals surface area contributed by atoms with Gasteiger partial charge >= 0.3 is 0 Å². The number of hydrogen-bond acceptors (Lipinski definition) is 5. The minimum Gasteiger partial charge on any atom is -0.285 e. The summed E-state index contributed by atoms with van der Waals surface area (Å²) in [5, 5.41) is 0. The van der Waals surface area contributed by atoms with Crippen molar-refractivity contribution in [3.63, 3.8) is 0 Å². The minimum atomic E-state index is -0.147. The SMILES string of the molecule is O=C(c1ccccn1)c1ccccn1.c1ccc(CCc2ccccn2)nc1. The molecule has 0 bridgehead atoms. The van der Waals surface area contributed by atoms with Crippen LogP contribution >= 0.6 is 0 Å². The number of nitrogens with zero attached hydrogens (tertiary/aromatic N) is 4. The molecule has 0 aromatic carbocycles. The molecule has 0 aliphatic heterocycles. The van der Waals surface area contributed by atoms with Gasteiger partial charge in [-0.25, -0.2) is 0 Å². The van der Waals surface area contributed by atoms with E-state index in [9.17, 15) is 4.79 Å². The summed E-state index contributed by atoms with van der Waals surface area (Å²) in [5.74, 6) is -0.147. The van der Waals surface area contributed by atoms with E-state index in [4.69, 9.17) is 0 Å². The molecule has 28 heavy (non-hydrogen) atoms. The molecule has 0 radical (unpaired) electrons. The van der Waals surface area contributed by atoms with Crippen molar-refractivity contribution in [2.24, 2.45) is 0 Å². The van der Waals surface area contributed by atoms with Crippen molar-refractivity contribution in [3.05, 3.63) is 120 Å². The Bertz CT molecular complexity index is 881. The molecule has 5 nitrogen and oxygen atoms in total. The van der Waals surface area contributed by atoms with Crippen molar-refractivity contribution < 1.29 is 4.79 Å². The molecule has 4 rings (SSSR count). The van der Waals surface area contributed by atoms with E-state index in [0.29, 0.717) is 11.4 Å². The van der Waals surface area contributed by atoms with Crippen LogP contribution in [0, 0.1) is 0 Å². The fourth-order valence-corrected chi connectivity index (χ4v) is 2.47. The van der Waals surface area contributed by atoms with Crippen LogP contribution in [0.2, 0.25) is 0 Å². The van der Waals surface area contributed by atoms with Crippen molar-refractivity contribution in [2.45, 2.75) is 12.8 Å². The smallest absolute Gasteiger partial charge is 0.229 e. The predicted octanol–water partition coefficient (Wildman–Crippen LogP) is 3.97. The van der Waals surface area contributed by atoms with E-state index in [0.717, 1.165) is 24.2 Å². The summed E-state index contributed by atoms with van der Waals surface area (Å²) < 4.78 is 0. The molecule has 4 aromatic heterocycles. The Hall–Kier alpha value is -3.73. The third kappa shape index (κ3) is 5.92. The van der Waals surface area contributed by atoms with Gasteiger partial charge in [0.25, 0.3) is 0 Å². The maximum absolute atomic E-state index is 11.7. The van der Waals surface area contributed by atoms with Gasteiger partial charge in [-0.2, -0.15) is 0 Å². The topological polar surface area (TPSA) is 68.6 Å². The minimum absolute atomic E-state index is 0.147. The van der Waals surface area contributed by atoms with Crippen molar-refractivity contribution in [3.8, 4) is 0 Å². The average Bonchev–Trinajstić information content (AvgIpc) is 2.80. The van der Waals surface area contributed by atoms with Crippen LogP contribution in [-0.2, 0) is 12.8 Å². The number of rotatable bonds is 5. The van der Waals surface area contributed by atoms with Crippen molar-refractivity contribution >= 4 is 5.78 Å². The van der Waals surface area contributed by atoms with E-state index in [1.54, 1.807) is 48.8 Å². The van der Waals surface area contributed by atoms with Gasteiger partial charge in [0.1, 0.15) is 11.4 Å². The Morgan fingerprint density at radius 1 is 0.536 bits per heavy atom. The lowest BCUT2D eigenvalue weighted by Gasteiger charge is -1.99. The Morgan fingerprint density at radius 2 is 0.929 bits per heavy atom. The second-order valence-corrected chi connectivity index (χ2v) is 5.90. The van der Waals surface area contributed by atoms with Gasteiger partial charge < -0.3 is 0 Å². The molecule has 0 saturated carbocycles. The highest BCUT2D eigenvalue weighted by Crippen LogP contribution is 2.03. The summed E-state index contributed by atoms with van der Waals surface area (Å²) in [4.78, 5) is 28.2. The zero-order valence-corrected chi connectivity index (χ0v) is 15.3. The first-order chi connectivity index (χ1) is 13.8. The van der Waals surface area contributed by atoms with Gasteiger partial charge in [0.05, 0.1) is 0 Å². The summed E-state index contributed by atoms with van der Waals surface area (Å²) in [7, 11) is 0. The van der Waals surface area contributed by atoms with Crippen molar-refractivity contribution in [1.82, 2.24) is 19.9 Å². The Labute approximate surface area is 164 Å². The van der Waals surface area contributed by atoms with Crippen LogP contribution in [0.1, 0.15) is 27.6 Å². The average molecular weight is 368 g/mol. The van der Waals surface area contributed by atoms with E-state index >= 15 is 0 Å². The molecule has 0 atom stereocenters. The van der Waals surface area contributed by atoms with Crippen LogP contribution in [0.3, 0.4) is 0 Å². The quantitative estimate of drug-likeness (QED) is 0.499. The van der Waals surface area contributed by atoms with Gasteiger partial charge in [-0.05, 0) is 61.4 Å². The summed E-state index contributed by atoms with van der Waals surface area (Å²) >= 11 is 0. The molecule has 0 amide bonds. The molecular formula is C23H20N4O. The molecule has 0 aliphatic carbocycles. The summed E-state index contributed by atoms with van der Waals surface area (Å²) in [6.07, 6.45) is 8.75. The third-order valence-corrected chi connectivity index (χ3v) is 3.88. The first kappa shape index (κ1) is 19.0. The Kier molecular flexibility index (Phi) is 7.09. The zero-order valence-electron chi connectivity index (χ0n) is 15.3. The largest absolute Gasteiger partial charge is 0.285 e. The second-order valence-electron chi connectivity index (χ2n) is 5.90. The molecule has 0 N–H and O–H groups in total. The number of carbonyl (C=O) groups excluding carboxylic acids is 1. The van der Waals surface area contributed by atoms with Crippen molar-refractivity contribution in [2.75, 3.05) is 0 Å². The summed E-state index contributed by atoms with van der Waals surface area (Å²) in [5.41, 5.74) is 3.09. The number of aromatic nitrogens is 4. The van der Waals surface area contributed by atoms with Gasteiger partial charge in [0.15, 0.2) is 0 Å². The predicted molar refractivity (Wildman–Crippen MR) is 108 cm³/mol. The monoisotopic (exact) mass is 368 g/mol. The van der Waals surface area contributed by atoms with Crippen molar-refractivity contribution in [1.29, 1.82) is 0 Å². The molecule has 0 saturated heterocycles. The van der Waals surface area contributed by atoms with Crippen LogP contribution in [0.25, 0.3) is 0 Å². The van der Waals surface area contributed by atoms with Crippen LogP contribution in [0.4, 0.5) is 0 Å². The Balaban J connectivity index is 0.000000161. The molecule has 4 aromatic rings. The van der Waals surface area contributed by atoms with E-state index in [1.165, 1.54) is 0 Å². The summed E-state index contributed by atoms with van der Waals surface area (Å²) in [6, 6.07) is 22.5.